The van der Waals surface area contributed by atoms with Gasteiger partial charge >= 0.3 is 0 Å². The minimum Gasteiger partial charge on any atom is -0.266 e. The molecular formula is C11H17N3. The standard InChI is InChI=1S/C11H17N3/c1-9(2)10-7-13-14(8-10)11(3,4)5-6-12/h7-9H,5H2,1-4H3. The summed E-state index contributed by atoms with van der Waals surface area (Å²) in [5.74, 6) is 0.488. The molecule has 0 aliphatic heterocycles. The van der Waals surface area contributed by atoms with Crippen molar-refractivity contribution >= 4 is 0 Å². The molecule has 0 aliphatic rings. The zero-order valence-corrected chi connectivity index (χ0v) is 9.28. The lowest BCUT2D eigenvalue weighted by Gasteiger charge is -2.21. The Morgan fingerprint density at radius 3 is 2.64 bits per heavy atom. The molecule has 0 saturated heterocycles. The molecule has 1 rings (SSSR count). The van der Waals surface area contributed by atoms with Gasteiger partial charge in [-0.2, -0.15) is 10.4 Å². The van der Waals surface area contributed by atoms with E-state index < -0.39 is 0 Å². The lowest BCUT2D eigenvalue weighted by Crippen LogP contribution is -2.26. The molecule has 3 nitrogen and oxygen atoms in total. The van der Waals surface area contributed by atoms with Gasteiger partial charge in [0, 0.05) is 6.20 Å². The third-order valence-corrected chi connectivity index (χ3v) is 2.40. The van der Waals surface area contributed by atoms with Crippen LogP contribution in [0.3, 0.4) is 0 Å². The van der Waals surface area contributed by atoms with E-state index in [0.717, 1.165) is 0 Å². The highest BCUT2D eigenvalue weighted by Crippen LogP contribution is 2.21. The van der Waals surface area contributed by atoms with Gasteiger partial charge in [0.1, 0.15) is 0 Å². The summed E-state index contributed by atoms with van der Waals surface area (Å²) in [6.45, 7) is 8.32. The second kappa shape index (κ2) is 3.83. The maximum atomic E-state index is 8.69. The van der Waals surface area contributed by atoms with Gasteiger partial charge in [-0.25, -0.2) is 0 Å². The molecular weight excluding hydrogens is 174 g/mol. The van der Waals surface area contributed by atoms with Crippen molar-refractivity contribution < 1.29 is 0 Å². The van der Waals surface area contributed by atoms with Gasteiger partial charge in [-0.15, -0.1) is 0 Å². The molecule has 14 heavy (non-hydrogen) atoms. The first-order valence-electron chi connectivity index (χ1n) is 4.89. The Morgan fingerprint density at radius 1 is 1.57 bits per heavy atom. The highest BCUT2D eigenvalue weighted by atomic mass is 15.3. The molecule has 0 aromatic carbocycles. The molecule has 3 heteroatoms. The van der Waals surface area contributed by atoms with Gasteiger partial charge in [0.05, 0.1) is 24.2 Å². The molecule has 0 fully saturated rings. The lowest BCUT2D eigenvalue weighted by atomic mass is 10.0. The lowest BCUT2D eigenvalue weighted by molar-refractivity contribution is 0.326. The van der Waals surface area contributed by atoms with Crippen LogP contribution in [0.4, 0.5) is 0 Å². The Labute approximate surface area is 85.4 Å². The smallest absolute Gasteiger partial charge is 0.0701 e. The molecule has 1 aromatic rings. The topological polar surface area (TPSA) is 41.6 Å². The van der Waals surface area contributed by atoms with Gasteiger partial charge in [-0.3, -0.25) is 4.68 Å². The maximum absolute atomic E-state index is 8.69. The second-order valence-corrected chi connectivity index (χ2v) is 4.52. The molecule has 0 N–H and O–H groups in total. The SMILES string of the molecule is CC(C)c1cnn(C(C)(C)CC#N)c1. The molecule has 1 heterocycles. The molecule has 0 amide bonds. The Balaban J connectivity index is 2.92. The van der Waals surface area contributed by atoms with Crippen molar-refractivity contribution in [2.24, 2.45) is 0 Å². The van der Waals surface area contributed by atoms with Crippen molar-refractivity contribution in [1.82, 2.24) is 9.78 Å². The van der Waals surface area contributed by atoms with Crippen LogP contribution in [-0.4, -0.2) is 9.78 Å². The fourth-order valence-electron chi connectivity index (χ4n) is 1.24. The van der Waals surface area contributed by atoms with Gasteiger partial charge in [0.15, 0.2) is 0 Å². The zero-order valence-electron chi connectivity index (χ0n) is 9.28. The van der Waals surface area contributed by atoms with Gasteiger partial charge in [-0.1, -0.05) is 13.8 Å². The summed E-state index contributed by atoms with van der Waals surface area (Å²) in [6, 6.07) is 2.18. The van der Waals surface area contributed by atoms with E-state index in [4.69, 9.17) is 5.26 Å². The monoisotopic (exact) mass is 191 g/mol. The van der Waals surface area contributed by atoms with Gasteiger partial charge < -0.3 is 0 Å². The number of aromatic nitrogens is 2. The van der Waals surface area contributed by atoms with Crippen molar-refractivity contribution in [2.75, 3.05) is 0 Å². The van der Waals surface area contributed by atoms with Crippen LogP contribution in [0.25, 0.3) is 0 Å². The quantitative estimate of drug-likeness (QED) is 0.737. The maximum Gasteiger partial charge on any atom is 0.0701 e. The number of hydrogen-bond acceptors (Lipinski definition) is 2. The first-order valence-corrected chi connectivity index (χ1v) is 4.89. The molecule has 0 atom stereocenters. The van der Waals surface area contributed by atoms with Crippen LogP contribution >= 0.6 is 0 Å². The number of nitrogens with zero attached hydrogens (tertiary/aromatic N) is 3. The van der Waals surface area contributed by atoms with Gasteiger partial charge in [0.2, 0.25) is 0 Å². The minimum atomic E-state index is -0.206. The zero-order chi connectivity index (χ0) is 10.8. The average Bonchev–Trinajstić information content (AvgIpc) is 2.51. The third kappa shape index (κ3) is 2.14. The van der Waals surface area contributed by atoms with Crippen LogP contribution in [0.1, 0.15) is 45.6 Å². The predicted octanol–water partition coefficient (Wildman–Crippen LogP) is 2.66. The summed E-state index contributed by atoms with van der Waals surface area (Å²) in [4.78, 5) is 0. The van der Waals surface area contributed by atoms with Crippen molar-refractivity contribution in [2.45, 2.75) is 45.6 Å². The van der Waals surface area contributed by atoms with E-state index in [9.17, 15) is 0 Å². The van der Waals surface area contributed by atoms with E-state index in [0.29, 0.717) is 12.3 Å². The largest absolute Gasteiger partial charge is 0.266 e. The molecule has 0 saturated carbocycles. The van der Waals surface area contributed by atoms with Crippen molar-refractivity contribution in [3.05, 3.63) is 18.0 Å². The van der Waals surface area contributed by atoms with Crippen LogP contribution in [0.5, 0.6) is 0 Å². The summed E-state index contributed by atoms with van der Waals surface area (Å²) in [6.07, 6.45) is 4.39. The van der Waals surface area contributed by atoms with Crippen LogP contribution in [-0.2, 0) is 5.54 Å². The van der Waals surface area contributed by atoms with Crippen LogP contribution in [0, 0.1) is 11.3 Å². The Morgan fingerprint density at radius 2 is 2.21 bits per heavy atom. The van der Waals surface area contributed by atoms with Crippen molar-refractivity contribution in [3.8, 4) is 6.07 Å². The van der Waals surface area contributed by atoms with E-state index in [1.54, 1.807) is 0 Å². The van der Waals surface area contributed by atoms with E-state index in [2.05, 4.69) is 25.0 Å². The molecule has 76 valence electrons. The molecule has 0 radical (unpaired) electrons. The van der Waals surface area contributed by atoms with E-state index in [-0.39, 0.29) is 5.54 Å². The van der Waals surface area contributed by atoms with Crippen LogP contribution in [0.2, 0.25) is 0 Å². The van der Waals surface area contributed by atoms with Crippen molar-refractivity contribution in [3.63, 3.8) is 0 Å². The fraction of sp³-hybridized carbons (Fsp3) is 0.636. The van der Waals surface area contributed by atoms with Gasteiger partial charge in [-0.05, 0) is 25.3 Å². The summed E-state index contributed by atoms with van der Waals surface area (Å²) in [7, 11) is 0. The Kier molecular flexibility index (Phi) is 2.95. The fourth-order valence-corrected chi connectivity index (χ4v) is 1.24. The Hall–Kier alpha value is -1.30. The average molecular weight is 191 g/mol. The summed E-state index contributed by atoms with van der Waals surface area (Å²) >= 11 is 0. The Bertz CT molecular complexity index is 342. The highest BCUT2D eigenvalue weighted by molar-refractivity contribution is 5.10. The third-order valence-electron chi connectivity index (χ3n) is 2.40. The second-order valence-electron chi connectivity index (χ2n) is 4.52. The molecule has 0 unspecified atom stereocenters. The van der Waals surface area contributed by atoms with Crippen molar-refractivity contribution in [1.29, 1.82) is 5.26 Å². The number of rotatable bonds is 3. The molecule has 1 aromatic heterocycles. The number of nitriles is 1. The first-order chi connectivity index (χ1) is 6.47. The van der Waals surface area contributed by atoms with E-state index in [1.807, 2.05) is 30.9 Å². The van der Waals surface area contributed by atoms with E-state index in [1.165, 1.54) is 5.56 Å². The highest BCUT2D eigenvalue weighted by Gasteiger charge is 2.21. The van der Waals surface area contributed by atoms with Crippen LogP contribution < -0.4 is 0 Å². The molecule has 0 spiro atoms. The van der Waals surface area contributed by atoms with Crippen LogP contribution in [0.15, 0.2) is 12.4 Å². The minimum absolute atomic E-state index is 0.206. The first kappa shape index (κ1) is 10.8. The number of hydrogen-bond donors (Lipinski definition) is 0. The normalized spacial score (nSPS) is 11.7. The molecule has 0 bridgehead atoms. The van der Waals surface area contributed by atoms with E-state index >= 15 is 0 Å². The summed E-state index contributed by atoms with van der Waals surface area (Å²) < 4.78 is 1.88. The predicted molar refractivity (Wildman–Crippen MR) is 55.9 cm³/mol. The summed E-state index contributed by atoms with van der Waals surface area (Å²) in [5.41, 5.74) is 1.01. The summed E-state index contributed by atoms with van der Waals surface area (Å²) in [5, 5.41) is 13.0. The van der Waals surface area contributed by atoms with Gasteiger partial charge in [0.25, 0.3) is 0 Å². The molecule has 0 aliphatic carbocycles.